The van der Waals surface area contributed by atoms with Crippen molar-refractivity contribution in [1.29, 1.82) is 0 Å². The molecule has 3 rings (SSSR count). The highest BCUT2D eigenvalue weighted by Gasteiger charge is 2.14. The molecule has 0 saturated carbocycles. The number of hydrogen-bond donors (Lipinski definition) is 2. The number of ether oxygens (including phenoxy) is 1. The molecule has 3 aromatic rings. The van der Waals surface area contributed by atoms with Gasteiger partial charge in [-0.1, -0.05) is 23.4 Å². The van der Waals surface area contributed by atoms with E-state index in [0.29, 0.717) is 43.4 Å². The molecule has 0 radical (unpaired) electrons. The van der Waals surface area contributed by atoms with Crippen LogP contribution in [0.2, 0.25) is 0 Å². The van der Waals surface area contributed by atoms with Crippen LogP contribution >= 0.6 is 0 Å². The standard InChI is InChI=1S/C24H29N5O4/c1-17-7-4-5-8-20(17)26-24(31)29(2)15-13-21-27-23(33-28-21)19-11-9-18(10-12-19)22(30)25-14-6-16-32-3/h4-5,7-12H,6,13-16H2,1-3H3,(H,25,30)(H,26,31). The Morgan fingerprint density at radius 3 is 2.61 bits per heavy atom. The van der Waals surface area contributed by atoms with Crippen LogP contribution in [0.25, 0.3) is 11.5 Å². The third-order valence-corrected chi connectivity index (χ3v) is 5.08. The molecule has 174 valence electrons. The number of benzene rings is 2. The Balaban J connectivity index is 1.50. The van der Waals surface area contributed by atoms with E-state index in [1.54, 1.807) is 43.3 Å². The van der Waals surface area contributed by atoms with Crippen molar-refractivity contribution in [2.24, 2.45) is 0 Å². The largest absolute Gasteiger partial charge is 0.385 e. The van der Waals surface area contributed by atoms with Gasteiger partial charge in [-0.3, -0.25) is 4.79 Å². The second kappa shape index (κ2) is 11.8. The lowest BCUT2D eigenvalue weighted by atomic mass is 10.1. The Morgan fingerprint density at radius 2 is 1.88 bits per heavy atom. The van der Waals surface area contributed by atoms with Crippen LogP contribution in [0, 0.1) is 6.92 Å². The molecule has 1 heterocycles. The fraction of sp³-hybridized carbons (Fsp3) is 0.333. The molecule has 2 aromatic carbocycles. The molecular formula is C24H29N5O4. The first-order valence-electron chi connectivity index (χ1n) is 10.8. The van der Waals surface area contributed by atoms with Crippen LogP contribution in [0.15, 0.2) is 53.1 Å². The van der Waals surface area contributed by atoms with E-state index in [1.807, 2.05) is 31.2 Å². The van der Waals surface area contributed by atoms with Crippen molar-refractivity contribution in [3.8, 4) is 11.5 Å². The van der Waals surface area contributed by atoms with Crippen molar-refractivity contribution in [3.63, 3.8) is 0 Å². The zero-order valence-electron chi connectivity index (χ0n) is 19.1. The molecule has 0 spiro atoms. The fourth-order valence-corrected chi connectivity index (χ4v) is 3.05. The van der Waals surface area contributed by atoms with Crippen LogP contribution in [-0.4, -0.2) is 60.8 Å². The number of likely N-dealkylation sites (N-methyl/N-ethyl adjacent to an activating group) is 1. The summed E-state index contributed by atoms with van der Waals surface area (Å²) >= 11 is 0. The average Bonchev–Trinajstić information content (AvgIpc) is 3.31. The first-order valence-corrected chi connectivity index (χ1v) is 10.8. The summed E-state index contributed by atoms with van der Waals surface area (Å²) in [6.45, 7) is 3.53. The van der Waals surface area contributed by atoms with Crippen molar-refractivity contribution < 1.29 is 18.8 Å². The normalized spacial score (nSPS) is 10.6. The second-order valence-corrected chi connectivity index (χ2v) is 7.61. The number of carbonyl (C=O) groups is 2. The maximum Gasteiger partial charge on any atom is 0.321 e. The number of nitrogens with one attached hydrogen (secondary N) is 2. The smallest absolute Gasteiger partial charge is 0.321 e. The van der Waals surface area contributed by atoms with Gasteiger partial charge in [0.25, 0.3) is 11.8 Å². The minimum absolute atomic E-state index is 0.143. The van der Waals surface area contributed by atoms with Gasteiger partial charge in [0.15, 0.2) is 5.82 Å². The Labute approximate surface area is 193 Å². The number of rotatable bonds is 10. The summed E-state index contributed by atoms with van der Waals surface area (Å²) in [7, 11) is 3.35. The molecule has 0 aliphatic carbocycles. The molecule has 0 saturated heterocycles. The Bertz CT molecular complexity index is 1060. The van der Waals surface area contributed by atoms with Gasteiger partial charge >= 0.3 is 6.03 Å². The van der Waals surface area contributed by atoms with E-state index in [1.165, 1.54) is 0 Å². The molecule has 0 aliphatic rings. The molecule has 0 bridgehead atoms. The number of amides is 3. The molecule has 0 aliphatic heterocycles. The lowest BCUT2D eigenvalue weighted by Crippen LogP contribution is -2.33. The van der Waals surface area contributed by atoms with Gasteiger partial charge in [0.1, 0.15) is 0 Å². The van der Waals surface area contributed by atoms with E-state index in [9.17, 15) is 9.59 Å². The van der Waals surface area contributed by atoms with Gasteiger partial charge in [0, 0.05) is 57.1 Å². The molecule has 0 atom stereocenters. The summed E-state index contributed by atoms with van der Waals surface area (Å²) < 4.78 is 10.3. The molecule has 0 fully saturated rings. The summed E-state index contributed by atoms with van der Waals surface area (Å²) in [4.78, 5) is 30.5. The first kappa shape index (κ1) is 23.9. The third kappa shape index (κ3) is 6.88. The summed E-state index contributed by atoms with van der Waals surface area (Å²) in [5.41, 5.74) is 3.05. The van der Waals surface area contributed by atoms with E-state index in [-0.39, 0.29) is 11.9 Å². The van der Waals surface area contributed by atoms with Crippen LogP contribution in [0.3, 0.4) is 0 Å². The zero-order chi connectivity index (χ0) is 23.6. The number of nitrogens with zero attached hydrogens (tertiary/aromatic N) is 3. The van der Waals surface area contributed by atoms with E-state index in [2.05, 4.69) is 20.8 Å². The minimum atomic E-state index is -0.205. The average molecular weight is 452 g/mol. The van der Waals surface area contributed by atoms with Gasteiger partial charge < -0.3 is 24.8 Å². The topological polar surface area (TPSA) is 110 Å². The van der Waals surface area contributed by atoms with Crippen molar-refractivity contribution in [2.75, 3.05) is 39.2 Å². The van der Waals surface area contributed by atoms with Gasteiger partial charge in [-0.05, 0) is 49.2 Å². The lowest BCUT2D eigenvalue weighted by molar-refractivity contribution is 0.0948. The van der Waals surface area contributed by atoms with Crippen molar-refractivity contribution in [3.05, 3.63) is 65.5 Å². The number of methoxy groups -OCH3 is 1. The quantitative estimate of drug-likeness (QED) is 0.457. The van der Waals surface area contributed by atoms with Gasteiger partial charge in [0.2, 0.25) is 0 Å². The highest BCUT2D eigenvalue weighted by Crippen LogP contribution is 2.18. The Morgan fingerprint density at radius 1 is 1.12 bits per heavy atom. The van der Waals surface area contributed by atoms with E-state index >= 15 is 0 Å². The number of hydrogen-bond acceptors (Lipinski definition) is 6. The molecule has 9 nitrogen and oxygen atoms in total. The molecular weight excluding hydrogens is 422 g/mol. The number of anilines is 1. The van der Waals surface area contributed by atoms with Crippen LogP contribution in [-0.2, 0) is 11.2 Å². The van der Waals surface area contributed by atoms with Crippen LogP contribution in [0.5, 0.6) is 0 Å². The number of carbonyl (C=O) groups excluding carboxylic acids is 2. The Kier molecular flexibility index (Phi) is 8.54. The zero-order valence-corrected chi connectivity index (χ0v) is 19.1. The molecule has 9 heteroatoms. The van der Waals surface area contributed by atoms with Crippen molar-refractivity contribution in [2.45, 2.75) is 19.8 Å². The molecule has 0 unspecified atom stereocenters. The van der Waals surface area contributed by atoms with Gasteiger partial charge in [-0.15, -0.1) is 0 Å². The van der Waals surface area contributed by atoms with Crippen molar-refractivity contribution >= 4 is 17.6 Å². The van der Waals surface area contributed by atoms with E-state index < -0.39 is 0 Å². The highest BCUT2D eigenvalue weighted by molar-refractivity contribution is 5.94. The van der Waals surface area contributed by atoms with Crippen LogP contribution in [0.1, 0.15) is 28.2 Å². The van der Waals surface area contributed by atoms with Crippen molar-refractivity contribution in [1.82, 2.24) is 20.4 Å². The molecule has 3 amide bonds. The number of para-hydroxylation sites is 1. The summed E-state index contributed by atoms with van der Waals surface area (Å²) in [5, 5.41) is 9.74. The summed E-state index contributed by atoms with van der Waals surface area (Å²) in [6.07, 6.45) is 1.21. The SMILES string of the molecule is COCCCNC(=O)c1ccc(-c2nc(CCN(C)C(=O)Nc3ccccc3C)no2)cc1. The number of aryl methyl sites for hydroxylation is 1. The summed E-state index contributed by atoms with van der Waals surface area (Å²) in [6, 6.07) is 14.4. The number of aromatic nitrogens is 2. The fourth-order valence-electron chi connectivity index (χ4n) is 3.05. The number of urea groups is 1. The monoisotopic (exact) mass is 451 g/mol. The second-order valence-electron chi connectivity index (χ2n) is 7.61. The predicted molar refractivity (Wildman–Crippen MR) is 125 cm³/mol. The van der Waals surface area contributed by atoms with E-state index in [4.69, 9.17) is 9.26 Å². The van der Waals surface area contributed by atoms with E-state index in [0.717, 1.165) is 23.2 Å². The van der Waals surface area contributed by atoms with Crippen LogP contribution in [0.4, 0.5) is 10.5 Å². The van der Waals surface area contributed by atoms with Gasteiger partial charge in [-0.25, -0.2) is 4.79 Å². The first-order chi connectivity index (χ1) is 16.0. The van der Waals surface area contributed by atoms with Gasteiger partial charge in [-0.2, -0.15) is 4.98 Å². The highest BCUT2D eigenvalue weighted by atomic mass is 16.5. The molecule has 2 N–H and O–H groups in total. The van der Waals surface area contributed by atoms with Gasteiger partial charge in [0.05, 0.1) is 0 Å². The predicted octanol–water partition coefficient (Wildman–Crippen LogP) is 3.52. The minimum Gasteiger partial charge on any atom is -0.385 e. The Hall–Kier alpha value is -3.72. The molecule has 33 heavy (non-hydrogen) atoms. The lowest BCUT2D eigenvalue weighted by Gasteiger charge is -2.18. The maximum absolute atomic E-state index is 12.4. The summed E-state index contributed by atoms with van der Waals surface area (Å²) in [5.74, 6) is 0.723. The third-order valence-electron chi connectivity index (χ3n) is 5.08. The van der Waals surface area contributed by atoms with Crippen LogP contribution < -0.4 is 10.6 Å². The molecule has 1 aromatic heterocycles. The maximum atomic E-state index is 12.4.